The zero-order valence-electron chi connectivity index (χ0n) is 14.6. The Hall–Kier alpha value is -1.50. The van der Waals surface area contributed by atoms with Gasteiger partial charge < -0.3 is 14.8 Å². The number of amides is 1. The lowest BCUT2D eigenvalue weighted by molar-refractivity contribution is 0.0621. The SMILES string of the molecule is CCSCc1ccc(C(=O)N2CCNCC2c2nccn2C)cc1.Cl. The maximum absolute atomic E-state index is 13.0. The highest BCUT2D eigenvalue weighted by molar-refractivity contribution is 7.98. The molecule has 3 rings (SSSR count). The van der Waals surface area contributed by atoms with Crippen molar-refractivity contribution >= 4 is 30.1 Å². The number of aryl methyl sites for hydroxylation is 1. The summed E-state index contributed by atoms with van der Waals surface area (Å²) >= 11 is 1.89. The molecule has 1 aliphatic rings. The molecule has 1 saturated heterocycles. The summed E-state index contributed by atoms with van der Waals surface area (Å²) in [4.78, 5) is 19.4. The molecule has 0 radical (unpaired) electrons. The van der Waals surface area contributed by atoms with Gasteiger partial charge in [-0.3, -0.25) is 4.79 Å². The third kappa shape index (κ3) is 4.57. The summed E-state index contributed by atoms with van der Waals surface area (Å²) < 4.78 is 1.99. The van der Waals surface area contributed by atoms with Gasteiger partial charge in [0.1, 0.15) is 11.9 Å². The number of carbonyl (C=O) groups excluding carboxylic acids is 1. The highest BCUT2D eigenvalue weighted by Crippen LogP contribution is 2.23. The Labute approximate surface area is 159 Å². The average molecular weight is 381 g/mol. The Bertz CT molecular complexity index is 689. The highest BCUT2D eigenvalue weighted by atomic mass is 35.5. The van der Waals surface area contributed by atoms with Gasteiger partial charge in [-0.25, -0.2) is 4.98 Å². The van der Waals surface area contributed by atoms with Gasteiger partial charge in [0.05, 0.1) is 0 Å². The van der Waals surface area contributed by atoms with Crippen molar-refractivity contribution in [1.29, 1.82) is 0 Å². The molecule has 136 valence electrons. The van der Waals surface area contributed by atoms with E-state index in [-0.39, 0.29) is 24.4 Å². The maximum atomic E-state index is 13.0. The summed E-state index contributed by atoms with van der Waals surface area (Å²) in [6.07, 6.45) is 3.71. The van der Waals surface area contributed by atoms with Crippen molar-refractivity contribution in [3.05, 3.63) is 53.6 Å². The number of benzene rings is 1. The van der Waals surface area contributed by atoms with Crippen LogP contribution in [-0.4, -0.2) is 45.7 Å². The van der Waals surface area contributed by atoms with Gasteiger partial charge in [0.15, 0.2) is 0 Å². The van der Waals surface area contributed by atoms with Crippen molar-refractivity contribution in [2.24, 2.45) is 7.05 Å². The third-order valence-corrected chi connectivity index (χ3v) is 5.28. The first kappa shape index (κ1) is 19.8. The van der Waals surface area contributed by atoms with Crippen molar-refractivity contribution in [1.82, 2.24) is 19.8 Å². The molecule has 2 aromatic rings. The van der Waals surface area contributed by atoms with Gasteiger partial charge in [0.25, 0.3) is 5.91 Å². The van der Waals surface area contributed by atoms with E-state index < -0.39 is 0 Å². The zero-order valence-corrected chi connectivity index (χ0v) is 16.3. The Morgan fingerprint density at radius 2 is 2.12 bits per heavy atom. The van der Waals surface area contributed by atoms with E-state index in [1.807, 2.05) is 46.6 Å². The van der Waals surface area contributed by atoms with E-state index in [2.05, 4.69) is 29.4 Å². The summed E-state index contributed by atoms with van der Waals surface area (Å²) in [5.74, 6) is 3.10. The van der Waals surface area contributed by atoms with Gasteiger partial charge in [-0.15, -0.1) is 12.4 Å². The van der Waals surface area contributed by atoms with Crippen LogP contribution in [-0.2, 0) is 12.8 Å². The number of piperazine rings is 1. The molecule has 0 aliphatic carbocycles. The summed E-state index contributed by atoms with van der Waals surface area (Å²) in [7, 11) is 1.97. The number of nitrogens with zero attached hydrogens (tertiary/aromatic N) is 3. The van der Waals surface area contributed by atoms with Crippen LogP contribution in [0.2, 0.25) is 0 Å². The monoisotopic (exact) mass is 380 g/mol. The first-order valence-corrected chi connectivity index (χ1v) is 9.51. The fourth-order valence-corrected chi connectivity index (χ4v) is 3.64. The lowest BCUT2D eigenvalue weighted by atomic mass is 10.1. The number of hydrogen-bond acceptors (Lipinski definition) is 4. The van der Waals surface area contributed by atoms with Crippen LogP contribution in [0.4, 0.5) is 0 Å². The Balaban J connectivity index is 0.00000225. The van der Waals surface area contributed by atoms with Crippen molar-refractivity contribution < 1.29 is 4.79 Å². The van der Waals surface area contributed by atoms with Crippen LogP contribution in [0.5, 0.6) is 0 Å². The predicted molar refractivity (Wildman–Crippen MR) is 105 cm³/mol. The Morgan fingerprint density at radius 3 is 2.76 bits per heavy atom. The van der Waals surface area contributed by atoms with E-state index in [0.717, 1.165) is 36.0 Å². The van der Waals surface area contributed by atoms with Crippen LogP contribution in [0, 0.1) is 0 Å². The number of rotatable bonds is 5. The molecular formula is C18H25ClN4OS. The van der Waals surface area contributed by atoms with Crippen LogP contribution in [0.1, 0.15) is 34.7 Å². The fourth-order valence-electron chi connectivity index (χ4n) is 3.01. The van der Waals surface area contributed by atoms with Crippen molar-refractivity contribution in [2.45, 2.75) is 18.7 Å². The van der Waals surface area contributed by atoms with Crippen molar-refractivity contribution in [2.75, 3.05) is 25.4 Å². The van der Waals surface area contributed by atoms with E-state index >= 15 is 0 Å². The predicted octanol–water partition coefficient (Wildman–Crippen LogP) is 2.88. The third-order valence-electron chi connectivity index (χ3n) is 4.33. The molecule has 2 heterocycles. The normalized spacial score (nSPS) is 17.2. The smallest absolute Gasteiger partial charge is 0.254 e. The summed E-state index contributed by atoms with van der Waals surface area (Å²) in [5, 5.41) is 3.37. The van der Waals surface area contributed by atoms with Gasteiger partial charge >= 0.3 is 0 Å². The molecule has 0 bridgehead atoms. The summed E-state index contributed by atoms with van der Waals surface area (Å²) in [5.41, 5.74) is 2.01. The first-order chi connectivity index (χ1) is 11.7. The van der Waals surface area contributed by atoms with E-state index in [4.69, 9.17) is 0 Å². The molecule has 1 N–H and O–H groups in total. The van der Waals surface area contributed by atoms with Crippen LogP contribution in [0.15, 0.2) is 36.7 Å². The minimum absolute atomic E-state index is 0. The van der Waals surface area contributed by atoms with E-state index in [9.17, 15) is 4.79 Å². The second-order valence-electron chi connectivity index (χ2n) is 5.95. The number of hydrogen-bond donors (Lipinski definition) is 1. The van der Waals surface area contributed by atoms with Crippen LogP contribution in [0.25, 0.3) is 0 Å². The maximum Gasteiger partial charge on any atom is 0.254 e. The Kier molecular flexibility index (Phi) is 7.35. The molecule has 7 heteroatoms. The molecule has 0 spiro atoms. The number of nitrogens with one attached hydrogen (secondary N) is 1. The second kappa shape index (κ2) is 9.27. The zero-order chi connectivity index (χ0) is 16.9. The van der Waals surface area contributed by atoms with E-state index in [0.29, 0.717) is 6.54 Å². The molecule has 1 aliphatic heterocycles. The van der Waals surface area contributed by atoms with Gasteiger partial charge in [-0.2, -0.15) is 11.8 Å². The van der Waals surface area contributed by atoms with Gasteiger partial charge in [-0.1, -0.05) is 19.1 Å². The highest BCUT2D eigenvalue weighted by Gasteiger charge is 2.30. The molecule has 1 atom stereocenters. The van der Waals surface area contributed by atoms with Gasteiger partial charge in [0, 0.05) is 50.4 Å². The van der Waals surface area contributed by atoms with Gasteiger partial charge in [-0.05, 0) is 23.4 Å². The molecule has 1 amide bonds. The number of carbonyl (C=O) groups is 1. The van der Waals surface area contributed by atoms with Crippen molar-refractivity contribution in [3.8, 4) is 0 Å². The lowest BCUT2D eigenvalue weighted by Gasteiger charge is -2.35. The fraction of sp³-hybridized carbons (Fsp3) is 0.444. The number of aromatic nitrogens is 2. The Morgan fingerprint density at radius 1 is 1.36 bits per heavy atom. The number of halogens is 1. The number of thioether (sulfide) groups is 1. The van der Waals surface area contributed by atoms with Crippen LogP contribution >= 0.6 is 24.2 Å². The van der Waals surface area contributed by atoms with E-state index in [1.165, 1.54) is 5.56 Å². The second-order valence-corrected chi connectivity index (χ2v) is 7.22. The molecule has 25 heavy (non-hydrogen) atoms. The standard InChI is InChI=1S/C18H24N4OS.ClH/c1-3-24-13-14-4-6-15(7-5-14)18(23)22-11-8-19-12-16(22)17-20-9-10-21(17)2;/h4-7,9-10,16,19H,3,8,11-13H2,1-2H3;1H. The minimum atomic E-state index is -0.0263. The molecule has 0 saturated carbocycles. The first-order valence-electron chi connectivity index (χ1n) is 8.36. The minimum Gasteiger partial charge on any atom is -0.336 e. The largest absolute Gasteiger partial charge is 0.336 e. The number of imidazole rings is 1. The van der Waals surface area contributed by atoms with E-state index in [1.54, 1.807) is 6.20 Å². The molecule has 5 nitrogen and oxygen atoms in total. The van der Waals surface area contributed by atoms with Crippen molar-refractivity contribution in [3.63, 3.8) is 0 Å². The molecule has 1 aromatic carbocycles. The van der Waals surface area contributed by atoms with Crippen LogP contribution < -0.4 is 5.32 Å². The molecule has 1 aromatic heterocycles. The lowest BCUT2D eigenvalue weighted by Crippen LogP contribution is -2.49. The average Bonchev–Trinajstić information content (AvgIpc) is 3.05. The summed E-state index contributed by atoms with van der Waals surface area (Å²) in [6, 6.07) is 8.00. The molecular weight excluding hydrogens is 356 g/mol. The molecule has 1 fully saturated rings. The topological polar surface area (TPSA) is 50.2 Å². The molecule has 1 unspecified atom stereocenters. The summed E-state index contributed by atoms with van der Waals surface area (Å²) in [6.45, 7) is 4.41. The van der Waals surface area contributed by atoms with Crippen LogP contribution in [0.3, 0.4) is 0 Å². The quantitative estimate of drug-likeness (QED) is 0.866. The van der Waals surface area contributed by atoms with Gasteiger partial charge in [0.2, 0.25) is 0 Å².